The molecular weight excluding hydrogens is 266 g/mol. The summed E-state index contributed by atoms with van der Waals surface area (Å²) in [7, 11) is 0. The molecule has 0 aromatic heterocycles. The lowest BCUT2D eigenvalue weighted by molar-refractivity contribution is -0.310. The van der Waals surface area contributed by atoms with Crippen molar-refractivity contribution in [2.75, 3.05) is 6.54 Å². The number of aliphatic carboxylic acids is 1. The van der Waals surface area contributed by atoms with Gasteiger partial charge in [-0.05, 0) is 62.7 Å². The van der Waals surface area contributed by atoms with Crippen LogP contribution in [0.1, 0.15) is 57.8 Å². The van der Waals surface area contributed by atoms with E-state index in [1.807, 2.05) is 0 Å². The Labute approximate surface area is 125 Å². The molecule has 3 atom stereocenters. The van der Waals surface area contributed by atoms with Gasteiger partial charge in [0.2, 0.25) is 5.91 Å². The Morgan fingerprint density at radius 2 is 1.57 bits per heavy atom. The maximum Gasteiger partial charge on any atom is 0.229 e. The van der Waals surface area contributed by atoms with E-state index >= 15 is 0 Å². The van der Waals surface area contributed by atoms with E-state index in [0.29, 0.717) is 30.7 Å². The molecule has 5 aliphatic rings. The normalized spacial score (nSPS) is 44.9. The van der Waals surface area contributed by atoms with Crippen molar-refractivity contribution in [3.63, 3.8) is 0 Å². The summed E-state index contributed by atoms with van der Waals surface area (Å²) in [6.07, 6.45) is 9.56. The third-order valence-corrected chi connectivity index (χ3v) is 6.59. The second-order valence-corrected chi connectivity index (χ2v) is 8.02. The molecule has 4 bridgehead atoms. The minimum Gasteiger partial charge on any atom is -0.548 e. The fourth-order valence-corrected chi connectivity index (χ4v) is 6.01. The van der Waals surface area contributed by atoms with E-state index in [0.717, 1.165) is 25.7 Å². The van der Waals surface area contributed by atoms with E-state index in [4.69, 9.17) is 0 Å². The van der Waals surface area contributed by atoms with Crippen molar-refractivity contribution >= 4 is 11.9 Å². The topological polar surface area (TPSA) is 60.4 Å². The summed E-state index contributed by atoms with van der Waals surface area (Å²) < 4.78 is 0. The first-order chi connectivity index (χ1) is 10.1. The van der Waals surface area contributed by atoms with Gasteiger partial charge >= 0.3 is 0 Å². The Morgan fingerprint density at radius 3 is 2.19 bits per heavy atom. The average Bonchev–Trinajstić information content (AvgIpc) is 2.83. The molecule has 116 valence electrons. The fourth-order valence-electron chi connectivity index (χ4n) is 6.01. The molecule has 4 aliphatic carbocycles. The molecular formula is C17H24NO3-. The van der Waals surface area contributed by atoms with E-state index < -0.39 is 12.0 Å². The molecule has 5 rings (SSSR count). The van der Waals surface area contributed by atoms with Crippen LogP contribution in [-0.4, -0.2) is 29.4 Å². The summed E-state index contributed by atoms with van der Waals surface area (Å²) >= 11 is 0. The molecule has 5 fully saturated rings. The van der Waals surface area contributed by atoms with Gasteiger partial charge in [0, 0.05) is 6.54 Å². The van der Waals surface area contributed by atoms with Gasteiger partial charge in [0.25, 0.3) is 0 Å². The predicted molar refractivity (Wildman–Crippen MR) is 75.0 cm³/mol. The summed E-state index contributed by atoms with van der Waals surface area (Å²) in [4.78, 5) is 26.2. The van der Waals surface area contributed by atoms with Gasteiger partial charge in [-0.1, -0.05) is 12.8 Å². The highest BCUT2D eigenvalue weighted by molar-refractivity contribution is 5.88. The minimum atomic E-state index is -1.07. The van der Waals surface area contributed by atoms with Gasteiger partial charge in [-0.25, -0.2) is 0 Å². The van der Waals surface area contributed by atoms with Crippen LogP contribution in [0.3, 0.4) is 0 Å². The van der Waals surface area contributed by atoms with Crippen molar-refractivity contribution in [1.29, 1.82) is 0 Å². The number of carboxylic acid groups (broad SMARTS) is 1. The second-order valence-electron chi connectivity index (χ2n) is 8.02. The Kier molecular flexibility index (Phi) is 3.05. The molecule has 0 spiro atoms. The number of nitrogens with zero attached hydrogens (tertiary/aromatic N) is 1. The molecule has 0 radical (unpaired) electrons. The van der Waals surface area contributed by atoms with Crippen LogP contribution < -0.4 is 5.11 Å². The lowest BCUT2D eigenvalue weighted by Gasteiger charge is -2.49. The molecule has 1 saturated heterocycles. The van der Waals surface area contributed by atoms with Crippen LogP contribution in [-0.2, 0) is 9.59 Å². The SMILES string of the molecule is O=C([O-])[C@@H]1CCCN1C(=O)C12CC3C[C@@H](CC[C@H](C3)C1)C2. The first-order valence-corrected chi connectivity index (χ1v) is 8.59. The van der Waals surface area contributed by atoms with E-state index in [1.165, 1.54) is 25.7 Å². The zero-order valence-corrected chi connectivity index (χ0v) is 12.6. The highest BCUT2D eigenvalue weighted by Gasteiger charge is 2.54. The van der Waals surface area contributed by atoms with Crippen LogP contribution in [0.2, 0.25) is 0 Å². The molecule has 1 aliphatic heterocycles. The van der Waals surface area contributed by atoms with Crippen LogP contribution in [0.5, 0.6) is 0 Å². The molecule has 0 aromatic carbocycles. The summed E-state index contributed by atoms with van der Waals surface area (Å²) in [6, 6.07) is -0.674. The standard InChI is InChI=1S/C17H25NO3/c19-15(20)14-2-1-5-18(14)16(21)17-8-11-3-4-12(9-17)7-13(6-11)10-17/h11-14H,1-10H2,(H,19,20)/p-1/t11-,12-,13?,14+,17?/m1/s1. The van der Waals surface area contributed by atoms with Crippen molar-refractivity contribution in [1.82, 2.24) is 4.90 Å². The zero-order valence-electron chi connectivity index (χ0n) is 12.6. The number of amides is 1. The predicted octanol–water partition coefficient (Wildman–Crippen LogP) is 1.33. The monoisotopic (exact) mass is 290 g/mol. The number of carbonyl (C=O) groups is 2. The first kappa shape index (κ1) is 13.6. The number of hydrogen-bond acceptors (Lipinski definition) is 3. The van der Waals surface area contributed by atoms with Gasteiger partial charge in [-0.2, -0.15) is 0 Å². The maximum atomic E-state index is 13.2. The van der Waals surface area contributed by atoms with Crippen molar-refractivity contribution in [2.24, 2.45) is 23.2 Å². The third kappa shape index (κ3) is 2.09. The number of carbonyl (C=O) groups excluding carboxylic acids is 2. The Morgan fingerprint density at radius 1 is 0.952 bits per heavy atom. The second kappa shape index (κ2) is 4.72. The summed E-state index contributed by atoms with van der Waals surface area (Å²) in [6.45, 7) is 0.610. The van der Waals surface area contributed by atoms with Crippen LogP contribution in [0.15, 0.2) is 0 Å². The number of carboxylic acids is 1. The van der Waals surface area contributed by atoms with E-state index in [-0.39, 0.29) is 11.3 Å². The Bertz CT molecular complexity index is 459. The Hall–Kier alpha value is -1.06. The van der Waals surface area contributed by atoms with Gasteiger partial charge < -0.3 is 14.8 Å². The van der Waals surface area contributed by atoms with Crippen molar-refractivity contribution < 1.29 is 14.7 Å². The minimum absolute atomic E-state index is 0.149. The summed E-state index contributed by atoms with van der Waals surface area (Å²) in [5.74, 6) is 1.19. The van der Waals surface area contributed by atoms with E-state index in [2.05, 4.69) is 0 Å². The summed E-state index contributed by atoms with van der Waals surface area (Å²) in [5.41, 5.74) is -0.231. The van der Waals surface area contributed by atoms with Crippen LogP contribution in [0.25, 0.3) is 0 Å². The highest BCUT2D eigenvalue weighted by Crippen LogP contribution is 2.58. The van der Waals surface area contributed by atoms with Crippen LogP contribution >= 0.6 is 0 Å². The van der Waals surface area contributed by atoms with Gasteiger partial charge in [0.15, 0.2) is 0 Å². The van der Waals surface area contributed by atoms with Crippen molar-refractivity contribution in [3.05, 3.63) is 0 Å². The first-order valence-electron chi connectivity index (χ1n) is 8.59. The maximum absolute atomic E-state index is 13.2. The van der Waals surface area contributed by atoms with Crippen LogP contribution in [0, 0.1) is 23.2 Å². The molecule has 0 unspecified atom stereocenters. The zero-order chi connectivity index (χ0) is 14.6. The largest absolute Gasteiger partial charge is 0.548 e. The van der Waals surface area contributed by atoms with Crippen molar-refractivity contribution in [3.8, 4) is 0 Å². The highest BCUT2D eigenvalue weighted by atomic mass is 16.4. The smallest absolute Gasteiger partial charge is 0.229 e. The summed E-state index contributed by atoms with van der Waals surface area (Å²) in [5, 5.41) is 11.3. The lowest BCUT2D eigenvalue weighted by Crippen LogP contribution is -2.55. The molecule has 4 heteroatoms. The van der Waals surface area contributed by atoms with Gasteiger partial charge in [-0.15, -0.1) is 0 Å². The molecule has 1 amide bonds. The molecule has 4 nitrogen and oxygen atoms in total. The molecule has 21 heavy (non-hydrogen) atoms. The van der Waals surface area contributed by atoms with Gasteiger partial charge in [0.1, 0.15) is 0 Å². The number of likely N-dealkylation sites (tertiary alicyclic amines) is 1. The molecule has 1 heterocycles. The van der Waals surface area contributed by atoms with E-state index in [1.54, 1.807) is 4.90 Å². The van der Waals surface area contributed by atoms with Gasteiger partial charge in [-0.3, -0.25) is 4.79 Å². The fraction of sp³-hybridized carbons (Fsp3) is 0.882. The molecule has 0 aromatic rings. The van der Waals surface area contributed by atoms with Crippen LogP contribution in [0.4, 0.5) is 0 Å². The average molecular weight is 290 g/mol. The number of rotatable bonds is 2. The lowest BCUT2D eigenvalue weighted by atomic mass is 9.58. The van der Waals surface area contributed by atoms with Crippen molar-refractivity contribution in [2.45, 2.75) is 63.8 Å². The van der Waals surface area contributed by atoms with Gasteiger partial charge in [0.05, 0.1) is 17.4 Å². The Balaban J connectivity index is 1.62. The number of hydrogen-bond donors (Lipinski definition) is 0. The molecule has 0 N–H and O–H groups in total. The number of fused-ring (bicyclic) bond motifs is 1. The quantitative estimate of drug-likeness (QED) is 0.771. The third-order valence-electron chi connectivity index (χ3n) is 6.59. The molecule has 4 saturated carbocycles. The van der Waals surface area contributed by atoms with E-state index in [9.17, 15) is 14.7 Å².